The summed E-state index contributed by atoms with van der Waals surface area (Å²) in [5, 5.41) is 12.2. The van der Waals surface area contributed by atoms with Gasteiger partial charge in [-0.05, 0) is 26.8 Å². The van der Waals surface area contributed by atoms with Gasteiger partial charge in [0.15, 0.2) is 5.82 Å². The van der Waals surface area contributed by atoms with Crippen LogP contribution in [0.25, 0.3) is 0 Å². The van der Waals surface area contributed by atoms with E-state index in [1.807, 2.05) is 0 Å². The van der Waals surface area contributed by atoms with Gasteiger partial charge in [-0.15, -0.1) is 0 Å². The van der Waals surface area contributed by atoms with Crippen molar-refractivity contribution in [2.45, 2.75) is 26.4 Å². The number of carbonyl (C=O) groups is 3. The number of ether oxygens (including phenoxy) is 1. The molecule has 0 aliphatic heterocycles. The first-order valence-corrected chi connectivity index (χ1v) is 7.73. The van der Waals surface area contributed by atoms with Crippen molar-refractivity contribution in [2.24, 2.45) is 14.1 Å². The molecule has 0 radical (unpaired) electrons. The van der Waals surface area contributed by atoms with Crippen LogP contribution in [0, 0.1) is 0 Å². The van der Waals surface area contributed by atoms with Crippen molar-refractivity contribution in [1.29, 1.82) is 0 Å². The zero-order valence-electron chi connectivity index (χ0n) is 15.2. The highest BCUT2D eigenvalue weighted by Gasteiger charge is 2.22. The van der Waals surface area contributed by atoms with E-state index in [0.717, 1.165) is 0 Å². The van der Waals surface area contributed by atoms with Gasteiger partial charge >= 0.3 is 12.1 Å². The van der Waals surface area contributed by atoms with E-state index in [1.54, 1.807) is 41.1 Å². The number of amides is 2. The van der Waals surface area contributed by atoms with Crippen molar-refractivity contribution in [3.05, 3.63) is 30.0 Å². The molecule has 4 N–H and O–H groups in total. The van der Waals surface area contributed by atoms with Crippen molar-refractivity contribution in [2.75, 3.05) is 10.6 Å². The number of aromatic nitrogens is 3. The Bertz CT molecular complexity index is 859. The van der Waals surface area contributed by atoms with E-state index in [9.17, 15) is 14.4 Å². The fourth-order valence-corrected chi connectivity index (χ4v) is 2.20. The predicted octanol–water partition coefficient (Wildman–Crippen LogP) is 1.22. The molecule has 0 aliphatic carbocycles. The lowest BCUT2D eigenvalue weighted by Crippen LogP contribution is -2.27. The van der Waals surface area contributed by atoms with Crippen LogP contribution in [0.15, 0.2) is 18.5 Å². The monoisotopic (exact) mass is 364 g/mol. The Morgan fingerprint density at radius 2 is 1.77 bits per heavy atom. The second-order valence-corrected chi connectivity index (χ2v) is 6.70. The molecule has 0 atom stereocenters. The van der Waals surface area contributed by atoms with Crippen LogP contribution in [0.2, 0.25) is 0 Å². The number of nitrogens with zero attached hydrogens (tertiary/aromatic N) is 3. The van der Waals surface area contributed by atoms with Gasteiger partial charge in [-0.25, -0.2) is 4.79 Å². The summed E-state index contributed by atoms with van der Waals surface area (Å²) in [5.41, 5.74) is 0.0285. The van der Waals surface area contributed by atoms with Crippen LogP contribution in [0.3, 0.4) is 0 Å². The standard InChI is InChI=1S/C16H21N5O5/c1-16(2,3)26-15(25)17-9-6-10(20(4)7-9)13(22)19-11-8-21(5)12(18-11)14(23)24/h6-8H,1-5H3,(H,17,25)(H,19,22)(H,23,24)/p+1. The number of imidazole rings is 1. The van der Waals surface area contributed by atoms with E-state index < -0.39 is 23.6 Å². The van der Waals surface area contributed by atoms with Gasteiger partial charge in [0.1, 0.15) is 11.3 Å². The van der Waals surface area contributed by atoms with Crippen molar-refractivity contribution in [1.82, 2.24) is 14.1 Å². The second kappa shape index (κ2) is 6.90. The number of aryl methyl sites for hydroxylation is 2. The maximum absolute atomic E-state index is 12.4. The molecule has 26 heavy (non-hydrogen) atoms. The van der Waals surface area contributed by atoms with E-state index >= 15 is 0 Å². The van der Waals surface area contributed by atoms with Gasteiger partial charge in [-0.3, -0.25) is 10.1 Å². The maximum Gasteiger partial charge on any atom is 0.585 e. The van der Waals surface area contributed by atoms with Crippen LogP contribution in [0.4, 0.5) is 16.3 Å². The van der Waals surface area contributed by atoms with E-state index in [4.69, 9.17) is 9.84 Å². The normalized spacial score (nSPS) is 11.1. The number of hydrogen-bond donors (Lipinski definition) is 2. The third-order valence-corrected chi connectivity index (χ3v) is 3.20. The molecule has 0 saturated heterocycles. The Kier molecular flexibility index (Phi) is 5.05. The Hall–Kier alpha value is -3.30. The zero-order chi connectivity index (χ0) is 19.6. The molecule has 0 fully saturated rings. The summed E-state index contributed by atoms with van der Waals surface area (Å²) >= 11 is 0. The number of carbonyl (C=O) groups excluding carboxylic acids is 3. The number of anilines is 2. The number of nitrogens with one attached hydrogen (secondary N) is 2. The fourth-order valence-electron chi connectivity index (χ4n) is 2.20. The third-order valence-electron chi connectivity index (χ3n) is 3.20. The van der Waals surface area contributed by atoms with Crippen molar-refractivity contribution in [3.63, 3.8) is 0 Å². The lowest BCUT2D eigenvalue weighted by Gasteiger charge is -2.19. The number of rotatable bonds is 4. The number of hydrogen-bond acceptors (Lipinski definition) is 5. The summed E-state index contributed by atoms with van der Waals surface area (Å²) in [6, 6.07) is 1.48. The first-order valence-electron chi connectivity index (χ1n) is 7.73. The third kappa shape index (κ3) is 4.62. The minimum Gasteiger partial charge on any atom is -0.559 e. The van der Waals surface area contributed by atoms with Gasteiger partial charge in [0.05, 0.1) is 10.5 Å². The summed E-state index contributed by atoms with van der Waals surface area (Å²) in [6.07, 6.45) is 2.37. The van der Waals surface area contributed by atoms with E-state index in [2.05, 4.69) is 15.6 Å². The first-order chi connectivity index (χ1) is 12.0. The molecule has 140 valence electrons. The van der Waals surface area contributed by atoms with Gasteiger partial charge in [0, 0.05) is 26.5 Å². The fraction of sp³-hybridized carbons (Fsp3) is 0.375. The largest absolute Gasteiger partial charge is 0.585 e. The summed E-state index contributed by atoms with van der Waals surface area (Å²) < 4.78 is 8.04. The minimum absolute atomic E-state index is 0.0838. The van der Waals surface area contributed by atoms with Gasteiger partial charge < -0.3 is 24.3 Å². The minimum atomic E-state index is -0.948. The zero-order valence-corrected chi connectivity index (χ0v) is 15.2. The average molecular weight is 364 g/mol. The highest BCUT2D eigenvalue weighted by Crippen LogP contribution is 2.17. The molecule has 2 amide bonds. The van der Waals surface area contributed by atoms with Crippen molar-refractivity contribution >= 4 is 29.5 Å². The lowest BCUT2D eigenvalue weighted by atomic mass is 10.2. The van der Waals surface area contributed by atoms with Crippen LogP contribution in [-0.2, 0) is 18.8 Å². The van der Waals surface area contributed by atoms with E-state index in [-0.39, 0.29) is 17.3 Å². The molecule has 10 heteroatoms. The molecule has 0 bridgehead atoms. The SMILES string of the molecule is Cn1cc(NC(=O)OC(C)(C)C)cc1C(=O)Nc1cn(C)c(C(=O)[OH2+])n1. The lowest BCUT2D eigenvalue weighted by molar-refractivity contribution is 0.0633. The molecule has 0 unspecified atom stereocenters. The molecular weight excluding hydrogens is 342 g/mol. The molecule has 0 aliphatic rings. The van der Waals surface area contributed by atoms with Gasteiger partial charge in [-0.2, -0.15) is 4.98 Å². The molecule has 10 nitrogen and oxygen atoms in total. The van der Waals surface area contributed by atoms with Crippen LogP contribution < -0.4 is 10.6 Å². The van der Waals surface area contributed by atoms with Crippen LogP contribution in [0.5, 0.6) is 0 Å². The van der Waals surface area contributed by atoms with Gasteiger partial charge in [0.2, 0.25) is 0 Å². The summed E-state index contributed by atoms with van der Waals surface area (Å²) in [4.78, 5) is 39.2. The smallest absolute Gasteiger partial charge is 0.559 e. The Labute approximate surface area is 149 Å². The average Bonchev–Trinajstić information content (AvgIpc) is 2.99. The van der Waals surface area contributed by atoms with E-state index in [0.29, 0.717) is 5.69 Å². The van der Waals surface area contributed by atoms with Crippen LogP contribution in [0.1, 0.15) is 41.9 Å². The highest BCUT2D eigenvalue weighted by atomic mass is 16.6. The second-order valence-electron chi connectivity index (χ2n) is 6.70. The van der Waals surface area contributed by atoms with Crippen molar-refractivity contribution < 1.29 is 24.2 Å². The molecule has 2 rings (SSSR count). The summed E-state index contributed by atoms with van der Waals surface area (Å²) in [7, 11) is 3.20. The maximum atomic E-state index is 12.4. The van der Waals surface area contributed by atoms with Gasteiger partial charge in [0.25, 0.3) is 11.7 Å². The molecule has 0 aromatic carbocycles. The Morgan fingerprint density at radius 1 is 1.12 bits per heavy atom. The molecule has 2 heterocycles. The molecule has 2 aromatic rings. The highest BCUT2D eigenvalue weighted by molar-refractivity contribution is 6.04. The van der Waals surface area contributed by atoms with Crippen molar-refractivity contribution in [3.8, 4) is 0 Å². The van der Waals surface area contributed by atoms with Crippen LogP contribution in [-0.4, -0.2) is 42.8 Å². The van der Waals surface area contributed by atoms with Gasteiger partial charge in [-0.1, -0.05) is 0 Å². The molecule has 2 aromatic heterocycles. The molecule has 0 spiro atoms. The summed E-state index contributed by atoms with van der Waals surface area (Å²) in [5.74, 6) is -1.36. The molecule has 0 saturated carbocycles. The molecular formula is C16H22N5O5+. The van der Waals surface area contributed by atoms with Crippen LogP contribution >= 0.6 is 0 Å². The predicted molar refractivity (Wildman–Crippen MR) is 94.4 cm³/mol. The Morgan fingerprint density at radius 3 is 2.31 bits per heavy atom. The van der Waals surface area contributed by atoms with E-state index in [1.165, 1.54) is 21.4 Å². The topological polar surface area (TPSA) is 130 Å². The first kappa shape index (κ1) is 19.0. The summed E-state index contributed by atoms with van der Waals surface area (Å²) in [6.45, 7) is 5.25. The Balaban J connectivity index is 2.10. The quantitative estimate of drug-likeness (QED) is 0.788.